The van der Waals surface area contributed by atoms with Crippen molar-refractivity contribution < 1.29 is 4.39 Å². The number of nitrogens with two attached hydrogens (primary N) is 1. The second-order valence-electron chi connectivity index (χ2n) is 6.28. The van der Waals surface area contributed by atoms with Crippen LogP contribution in [0.15, 0.2) is 12.1 Å². The van der Waals surface area contributed by atoms with E-state index in [9.17, 15) is 4.39 Å². The molecule has 0 aliphatic carbocycles. The zero-order valence-corrected chi connectivity index (χ0v) is 12.5. The summed E-state index contributed by atoms with van der Waals surface area (Å²) >= 11 is 0. The van der Waals surface area contributed by atoms with Gasteiger partial charge in [-0.05, 0) is 50.3 Å². The fourth-order valence-electron chi connectivity index (χ4n) is 3.35. The van der Waals surface area contributed by atoms with Gasteiger partial charge in [0, 0.05) is 29.9 Å². The Morgan fingerprint density at radius 3 is 2.68 bits per heavy atom. The Kier molecular flexibility index (Phi) is 3.86. The third-order valence-corrected chi connectivity index (χ3v) is 4.22. The van der Waals surface area contributed by atoms with Gasteiger partial charge in [-0.2, -0.15) is 0 Å². The molecule has 2 nitrogen and oxygen atoms in total. The Balaban J connectivity index is 2.55. The average molecular weight is 264 g/mol. The van der Waals surface area contributed by atoms with Crippen LogP contribution in [0.3, 0.4) is 0 Å². The number of hydrogen-bond acceptors (Lipinski definition) is 2. The molecule has 2 N–H and O–H groups in total. The molecule has 0 spiro atoms. The molecule has 2 rings (SSSR count). The predicted molar refractivity (Wildman–Crippen MR) is 79.0 cm³/mol. The molecule has 1 aliphatic heterocycles. The summed E-state index contributed by atoms with van der Waals surface area (Å²) in [6.07, 6.45) is 2.16. The van der Waals surface area contributed by atoms with Crippen molar-refractivity contribution in [2.45, 2.75) is 58.5 Å². The maximum atomic E-state index is 14.1. The van der Waals surface area contributed by atoms with Gasteiger partial charge >= 0.3 is 0 Å². The van der Waals surface area contributed by atoms with Gasteiger partial charge in [0.25, 0.3) is 0 Å². The monoisotopic (exact) mass is 264 g/mol. The Morgan fingerprint density at radius 1 is 1.42 bits per heavy atom. The molecule has 0 radical (unpaired) electrons. The van der Waals surface area contributed by atoms with E-state index in [0.29, 0.717) is 11.5 Å². The maximum Gasteiger partial charge on any atom is 0.129 e. The van der Waals surface area contributed by atoms with Gasteiger partial charge in [-0.3, -0.25) is 0 Å². The zero-order valence-electron chi connectivity index (χ0n) is 12.5. The molecule has 1 aromatic rings. The van der Waals surface area contributed by atoms with Crippen LogP contribution in [0, 0.1) is 5.82 Å². The van der Waals surface area contributed by atoms with Gasteiger partial charge in [-0.15, -0.1) is 0 Å². The summed E-state index contributed by atoms with van der Waals surface area (Å²) in [6.45, 7) is 10.1. The molecule has 3 heteroatoms. The summed E-state index contributed by atoms with van der Waals surface area (Å²) in [7, 11) is 0. The van der Waals surface area contributed by atoms with E-state index in [1.54, 1.807) is 6.07 Å². The topological polar surface area (TPSA) is 29.3 Å². The summed E-state index contributed by atoms with van der Waals surface area (Å²) in [4.78, 5) is 2.35. The zero-order chi connectivity index (χ0) is 14.2. The molecule has 1 aromatic carbocycles. The van der Waals surface area contributed by atoms with E-state index in [4.69, 9.17) is 5.73 Å². The van der Waals surface area contributed by atoms with E-state index in [1.165, 1.54) is 5.56 Å². The number of halogens is 1. The first-order valence-corrected chi connectivity index (χ1v) is 7.20. The average Bonchev–Trinajstić information content (AvgIpc) is 2.33. The molecule has 0 saturated heterocycles. The Hall–Kier alpha value is -1.09. The maximum absolute atomic E-state index is 14.1. The lowest BCUT2D eigenvalue weighted by Crippen LogP contribution is -2.48. The molecular weight excluding hydrogens is 239 g/mol. The third kappa shape index (κ3) is 2.48. The standard InChI is InChI=1S/C16H25FN2/c1-5-6-19-15-8-14(17)12(10-18)7-13(15)11(2)9-16(19,3)4/h7-8,11H,5-6,9-10,18H2,1-4H3/t11-/m0/s1. The van der Waals surface area contributed by atoms with E-state index in [0.717, 1.165) is 25.1 Å². The molecule has 1 aliphatic rings. The van der Waals surface area contributed by atoms with E-state index < -0.39 is 0 Å². The van der Waals surface area contributed by atoms with Crippen molar-refractivity contribution in [1.29, 1.82) is 0 Å². The van der Waals surface area contributed by atoms with Gasteiger partial charge in [0.05, 0.1) is 0 Å². The van der Waals surface area contributed by atoms with Crippen LogP contribution >= 0.6 is 0 Å². The number of fused-ring (bicyclic) bond motifs is 1. The van der Waals surface area contributed by atoms with Gasteiger partial charge in [0.15, 0.2) is 0 Å². The fourth-order valence-corrected chi connectivity index (χ4v) is 3.35. The largest absolute Gasteiger partial charge is 0.366 e. The summed E-state index contributed by atoms with van der Waals surface area (Å²) in [5.74, 6) is 0.274. The summed E-state index contributed by atoms with van der Waals surface area (Å²) in [5, 5.41) is 0. The molecular formula is C16H25FN2. The summed E-state index contributed by atoms with van der Waals surface area (Å²) in [6, 6.07) is 3.65. The summed E-state index contributed by atoms with van der Waals surface area (Å²) in [5.41, 5.74) is 8.63. The van der Waals surface area contributed by atoms with Crippen LogP contribution in [0.2, 0.25) is 0 Å². The third-order valence-electron chi connectivity index (χ3n) is 4.22. The number of benzene rings is 1. The van der Waals surface area contributed by atoms with Crippen LogP contribution in [0.4, 0.5) is 10.1 Å². The molecule has 0 amide bonds. The number of hydrogen-bond donors (Lipinski definition) is 1. The van der Waals surface area contributed by atoms with Gasteiger partial charge in [-0.25, -0.2) is 4.39 Å². The first-order chi connectivity index (χ1) is 8.90. The molecule has 1 heterocycles. The van der Waals surface area contributed by atoms with E-state index in [2.05, 4.69) is 32.6 Å². The smallest absolute Gasteiger partial charge is 0.129 e. The molecule has 0 bridgehead atoms. The summed E-state index contributed by atoms with van der Waals surface area (Å²) < 4.78 is 14.1. The highest BCUT2D eigenvalue weighted by Crippen LogP contribution is 2.44. The van der Waals surface area contributed by atoms with Gasteiger partial charge in [0.1, 0.15) is 5.82 Å². The molecule has 19 heavy (non-hydrogen) atoms. The van der Waals surface area contributed by atoms with Crippen molar-refractivity contribution in [3.63, 3.8) is 0 Å². The lowest BCUT2D eigenvalue weighted by molar-refractivity contribution is 0.375. The molecule has 0 aromatic heterocycles. The fraction of sp³-hybridized carbons (Fsp3) is 0.625. The van der Waals surface area contributed by atoms with Crippen LogP contribution in [-0.2, 0) is 6.54 Å². The van der Waals surface area contributed by atoms with Crippen molar-refractivity contribution in [2.75, 3.05) is 11.4 Å². The van der Waals surface area contributed by atoms with Gasteiger partial charge in [0.2, 0.25) is 0 Å². The number of anilines is 1. The minimum Gasteiger partial charge on any atom is -0.366 e. The highest BCUT2D eigenvalue weighted by molar-refractivity contribution is 5.61. The minimum atomic E-state index is -0.174. The number of rotatable bonds is 3. The van der Waals surface area contributed by atoms with Crippen LogP contribution in [-0.4, -0.2) is 12.1 Å². The molecule has 0 unspecified atom stereocenters. The van der Waals surface area contributed by atoms with Crippen LogP contribution < -0.4 is 10.6 Å². The van der Waals surface area contributed by atoms with Crippen molar-refractivity contribution in [3.8, 4) is 0 Å². The minimum absolute atomic E-state index is 0.0824. The van der Waals surface area contributed by atoms with Crippen molar-refractivity contribution in [3.05, 3.63) is 29.1 Å². The highest BCUT2D eigenvalue weighted by atomic mass is 19.1. The molecule has 1 atom stereocenters. The molecule has 0 saturated carbocycles. The van der Waals surface area contributed by atoms with Crippen molar-refractivity contribution in [2.24, 2.45) is 5.73 Å². The molecule has 0 fully saturated rings. The predicted octanol–water partition coefficient (Wildman–Crippen LogP) is 3.79. The first kappa shape index (κ1) is 14.3. The Bertz CT molecular complexity index is 468. The first-order valence-electron chi connectivity index (χ1n) is 7.20. The Morgan fingerprint density at radius 2 is 2.11 bits per heavy atom. The second-order valence-corrected chi connectivity index (χ2v) is 6.28. The number of nitrogens with zero attached hydrogens (tertiary/aromatic N) is 1. The lowest BCUT2D eigenvalue weighted by atomic mass is 9.79. The van der Waals surface area contributed by atoms with E-state index in [-0.39, 0.29) is 17.9 Å². The highest BCUT2D eigenvalue weighted by Gasteiger charge is 2.36. The quantitative estimate of drug-likeness (QED) is 0.900. The van der Waals surface area contributed by atoms with Crippen LogP contribution in [0.1, 0.15) is 57.6 Å². The normalized spacial score (nSPS) is 21.4. The van der Waals surface area contributed by atoms with Crippen molar-refractivity contribution in [1.82, 2.24) is 0 Å². The van der Waals surface area contributed by atoms with Crippen LogP contribution in [0.5, 0.6) is 0 Å². The van der Waals surface area contributed by atoms with Gasteiger partial charge < -0.3 is 10.6 Å². The van der Waals surface area contributed by atoms with E-state index >= 15 is 0 Å². The second kappa shape index (κ2) is 5.12. The SMILES string of the molecule is CCCN1c2cc(F)c(CN)cc2[C@@H](C)CC1(C)C. The Labute approximate surface area is 115 Å². The molecule has 106 valence electrons. The lowest BCUT2D eigenvalue weighted by Gasteiger charge is -2.47. The van der Waals surface area contributed by atoms with Gasteiger partial charge in [-0.1, -0.05) is 13.8 Å². The van der Waals surface area contributed by atoms with E-state index in [1.807, 2.05) is 6.07 Å². The van der Waals surface area contributed by atoms with Crippen molar-refractivity contribution >= 4 is 5.69 Å². The van der Waals surface area contributed by atoms with Crippen LogP contribution in [0.25, 0.3) is 0 Å².